The van der Waals surface area contributed by atoms with Gasteiger partial charge in [-0.3, -0.25) is 0 Å². The Bertz CT molecular complexity index is 2080. The van der Waals surface area contributed by atoms with E-state index in [1.807, 2.05) is 0 Å². The van der Waals surface area contributed by atoms with Gasteiger partial charge in [0.15, 0.2) is 0 Å². The number of hydrogen-bond acceptors (Lipinski definition) is 2. The lowest BCUT2D eigenvalue weighted by Gasteiger charge is -2.22. The van der Waals surface area contributed by atoms with E-state index >= 15 is 0 Å². The predicted octanol–water partition coefficient (Wildman–Crippen LogP) is 12.2. The maximum Gasteiger partial charge on any atom is -0.00139 e. The van der Waals surface area contributed by atoms with E-state index in [1.165, 1.54) is 87.6 Å². The molecule has 0 aromatic heterocycles. The molecule has 0 saturated heterocycles. The molecule has 8 aromatic carbocycles. The zero-order chi connectivity index (χ0) is 31.0. The largest absolute Gasteiger partial charge is 0.179 e. The second-order valence-electron chi connectivity index (χ2n) is 12.0. The van der Waals surface area contributed by atoms with Gasteiger partial charge in [0.1, 0.15) is 0 Å². The molecule has 0 nitrogen and oxygen atoms in total. The molecule has 0 heterocycles. The summed E-state index contributed by atoms with van der Waals surface area (Å²) in [7, 11) is 0. The molecular formula is C44H34S2. The van der Waals surface area contributed by atoms with Gasteiger partial charge in [-0.1, -0.05) is 146 Å². The summed E-state index contributed by atoms with van der Waals surface area (Å²) in [5.41, 5.74) is 10.3. The average molecular weight is 627 g/mol. The Kier molecular flexibility index (Phi) is 7.78. The molecule has 2 heteroatoms. The minimum absolute atomic E-state index is 0.849. The summed E-state index contributed by atoms with van der Waals surface area (Å²) in [5.74, 6) is 1.70. The van der Waals surface area contributed by atoms with Gasteiger partial charge in [0.25, 0.3) is 0 Å². The van der Waals surface area contributed by atoms with Crippen LogP contribution in [0, 0.1) is 0 Å². The topological polar surface area (TPSA) is 0 Å². The molecule has 0 N–H and O–H groups in total. The third kappa shape index (κ3) is 4.88. The number of aryl methyl sites for hydroxylation is 2. The summed E-state index contributed by atoms with van der Waals surface area (Å²) >= 11 is 8.92. The third-order valence-corrected chi connectivity index (χ3v) is 9.85. The van der Waals surface area contributed by atoms with E-state index in [-0.39, 0.29) is 0 Å². The van der Waals surface area contributed by atoms with Crippen LogP contribution in [0.5, 0.6) is 0 Å². The fourth-order valence-corrected chi connectivity index (χ4v) is 7.87. The molecule has 0 bridgehead atoms. The number of thiol groups is 2. The molecule has 8 aromatic rings. The summed E-state index contributed by atoms with van der Waals surface area (Å²) in [4.78, 5) is 0. The van der Waals surface area contributed by atoms with E-state index < -0.39 is 0 Å². The van der Waals surface area contributed by atoms with Crippen molar-refractivity contribution in [1.29, 1.82) is 0 Å². The van der Waals surface area contributed by atoms with E-state index in [4.69, 9.17) is 0 Å². The molecule has 0 spiro atoms. The van der Waals surface area contributed by atoms with Crippen LogP contribution in [0.1, 0.15) is 11.1 Å². The Morgan fingerprint density at radius 3 is 0.761 bits per heavy atom. The first-order valence-electron chi connectivity index (χ1n) is 16.0. The Balaban J connectivity index is 1.49. The third-order valence-electron chi connectivity index (χ3n) is 9.40. The van der Waals surface area contributed by atoms with Crippen LogP contribution in [0.2, 0.25) is 0 Å². The van der Waals surface area contributed by atoms with Crippen molar-refractivity contribution in [2.45, 2.75) is 12.8 Å². The van der Waals surface area contributed by atoms with Crippen LogP contribution < -0.4 is 0 Å². The average Bonchev–Trinajstić information content (AvgIpc) is 3.11. The van der Waals surface area contributed by atoms with Gasteiger partial charge in [-0.2, -0.15) is 25.3 Å². The zero-order valence-corrected chi connectivity index (χ0v) is 27.4. The number of rotatable bonds is 7. The van der Waals surface area contributed by atoms with Crippen molar-refractivity contribution in [3.8, 4) is 33.4 Å². The van der Waals surface area contributed by atoms with Crippen LogP contribution in [-0.4, -0.2) is 11.5 Å². The molecular weight excluding hydrogens is 593 g/mol. The molecule has 0 radical (unpaired) electrons. The van der Waals surface area contributed by atoms with Crippen LogP contribution in [-0.2, 0) is 12.8 Å². The van der Waals surface area contributed by atoms with Crippen molar-refractivity contribution in [2.75, 3.05) is 11.5 Å². The molecule has 46 heavy (non-hydrogen) atoms. The molecule has 8 rings (SSSR count). The van der Waals surface area contributed by atoms with Gasteiger partial charge in [-0.05, 0) is 112 Å². The van der Waals surface area contributed by atoms with E-state index in [9.17, 15) is 0 Å². The van der Waals surface area contributed by atoms with Crippen LogP contribution in [0.4, 0.5) is 0 Å². The summed E-state index contributed by atoms with van der Waals surface area (Å²) in [5, 5.41) is 10.2. The van der Waals surface area contributed by atoms with Gasteiger partial charge in [-0.15, -0.1) is 0 Å². The van der Waals surface area contributed by atoms with E-state index in [1.54, 1.807) is 0 Å². The van der Waals surface area contributed by atoms with Crippen molar-refractivity contribution in [3.05, 3.63) is 157 Å². The molecule has 0 unspecified atom stereocenters. The van der Waals surface area contributed by atoms with Gasteiger partial charge >= 0.3 is 0 Å². The number of hydrogen-bond donors (Lipinski definition) is 2. The monoisotopic (exact) mass is 626 g/mol. The van der Waals surface area contributed by atoms with E-state index in [2.05, 4.69) is 171 Å². The summed E-state index contributed by atoms with van der Waals surface area (Å²) in [6, 6.07) is 54.1. The van der Waals surface area contributed by atoms with Crippen LogP contribution >= 0.6 is 25.3 Å². The van der Waals surface area contributed by atoms with Crippen molar-refractivity contribution in [1.82, 2.24) is 0 Å². The highest BCUT2D eigenvalue weighted by molar-refractivity contribution is 7.80. The molecule has 222 valence electrons. The number of fused-ring (bicyclic) bond motifs is 4. The molecule has 0 aliphatic rings. The maximum atomic E-state index is 4.46. The van der Waals surface area contributed by atoms with E-state index in [0.29, 0.717) is 0 Å². The quantitative estimate of drug-likeness (QED) is 0.128. The standard InChI is InChI=1S/C44H34S2/c45-27-25-29-17-21-31(22-18-29)41-33-9-1-5-13-37(33)43(38-14-6-2-10-34(38)41)44-39-15-7-3-11-35(39)42(36-12-4-8-16-40(36)44)32-23-19-30(20-24-32)26-28-46/h1-24,45-46H,25-28H2. The molecule has 0 atom stereocenters. The van der Waals surface area contributed by atoms with Crippen molar-refractivity contribution in [2.24, 2.45) is 0 Å². The van der Waals surface area contributed by atoms with Gasteiger partial charge in [-0.25, -0.2) is 0 Å². The fraction of sp³-hybridized carbons (Fsp3) is 0.0909. The lowest BCUT2D eigenvalue weighted by atomic mass is 9.81. The first-order valence-corrected chi connectivity index (χ1v) is 17.3. The Morgan fingerprint density at radius 1 is 0.283 bits per heavy atom. The van der Waals surface area contributed by atoms with Gasteiger partial charge in [0, 0.05) is 0 Å². The Hall–Kier alpha value is -4.50. The first-order chi connectivity index (χ1) is 22.8. The maximum absolute atomic E-state index is 4.46. The number of benzene rings is 8. The highest BCUT2D eigenvalue weighted by Crippen LogP contribution is 2.49. The molecule has 0 aliphatic heterocycles. The van der Waals surface area contributed by atoms with Crippen molar-refractivity contribution in [3.63, 3.8) is 0 Å². The minimum atomic E-state index is 0.849. The Morgan fingerprint density at radius 2 is 0.522 bits per heavy atom. The summed E-state index contributed by atoms with van der Waals surface area (Å²) < 4.78 is 0. The van der Waals surface area contributed by atoms with Gasteiger partial charge in [0.2, 0.25) is 0 Å². The second-order valence-corrected chi connectivity index (χ2v) is 12.9. The predicted molar refractivity (Wildman–Crippen MR) is 208 cm³/mol. The lowest BCUT2D eigenvalue weighted by Crippen LogP contribution is -1.95. The highest BCUT2D eigenvalue weighted by atomic mass is 32.1. The van der Waals surface area contributed by atoms with Gasteiger partial charge < -0.3 is 0 Å². The Labute approximate surface area is 281 Å². The normalized spacial score (nSPS) is 11.6. The molecule has 0 saturated carbocycles. The molecule has 0 fully saturated rings. The van der Waals surface area contributed by atoms with Crippen LogP contribution in [0.3, 0.4) is 0 Å². The first kappa shape index (κ1) is 28.9. The second kappa shape index (κ2) is 12.4. The molecule has 0 aliphatic carbocycles. The molecule has 0 amide bonds. The van der Waals surface area contributed by atoms with Crippen molar-refractivity contribution < 1.29 is 0 Å². The van der Waals surface area contributed by atoms with Crippen LogP contribution in [0.15, 0.2) is 146 Å². The summed E-state index contributed by atoms with van der Waals surface area (Å²) in [6.07, 6.45) is 1.94. The van der Waals surface area contributed by atoms with Gasteiger partial charge in [0.05, 0.1) is 0 Å². The van der Waals surface area contributed by atoms with E-state index in [0.717, 1.165) is 24.3 Å². The summed E-state index contributed by atoms with van der Waals surface area (Å²) in [6.45, 7) is 0. The highest BCUT2D eigenvalue weighted by Gasteiger charge is 2.22. The lowest BCUT2D eigenvalue weighted by molar-refractivity contribution is 1.16. The fourth-order valence-electron chi connectivity index (χ4n) is 7.35. The zero-order valence-electron chi connectivity index (χ0n) is 25.6. The smallest absolute Gasteiger partial charge is 0.00139 e. The minimum Gasteiger partial charge on any atom is -0.179 e. The van der Waals surface area contributed by atoms with Crippen LogP contribution in [0.25, 0.3) is 76.5 Å². The van der Waals surface area contributed by atoms with Crippen molar-refractivity contribution >= 4 is 68.3 Å². The SMILES string of the molecule is SCCc1ccc(-c2c3ccccc3c(-c3c4ccccc4c(-c4ccc(CCS)cc4)c4ccccc34)c3ccccc23)cc1.